The van der Waals surface area contributed by atoms with Crippen LogP contribution in [0.2, 0.25) is 0 Å². The fourth-order valence-electron chi connectivity index (χ4n) is 2.15. The Hall–Kier alpha value is -3.15. The quantitative estimate of drug-likeness (QED) is 0.779. The van der Waals surface area contributed by atoms with Gasteiger partial charge >= 0.3 is 0 Å². The molecule has 0 saturated carbocycles. The molecule has 3 aromatic rings. The van der Waals surface area contributed by atoms with Crippen molar-refractivity contribution >= 4 is 28.8 Å². The second-order valence-electron chi connectivity index (χ2n) is 4.79. The summed E-state index contributed by atoms with van der Waals surface area (Å²) >= 11 is 0. The van der Waals surface area contributed by atoms with Crippen LogP contribution in [0.1, 0.15) is 17.3 Å². The Balaban J connectivity index is 1.79. The van der Waals surface area contributed by atoms with Crippen LogP contribution in [0.3, 0.4) is 0 Å². The normalized spacial score (nSPS) is 10.4. The third-order valence-electron chi connectivity index (χ3n) is 3.13. The Morgan fingerprint density at radius 3 is 2.55 bits per heavy atom. The van der Waals surface area contributed by atoms with Crippen LogP contribution in [-0.4, -0.2) is 21.2 Å². The Labute approximate surface area is 126 Å². The minimum absolute atomic E-state index is 0.150. The smallest absolute Gasteiger partial charge is 0.255 e. The van der Waals surface area contributed by atoms with E-state index in [9.17, 15) is 9.59 Å². The third-order valence-corrected chi connectivity index (χ3v) is 3.13. The lowest BCUT2D eigenvalue weighted by atomic mass is 10.2. The van der Waals surface area contributed by atoms with Gasteiger partial charge in [-0.1, -0.05) is 0 Å². The van der Waals surface area contributed by atoms with Crippen molar-refractivity contribution < 1.29 is 9.59 Å². The van der Waals surface area contributed by atoms with E-state index in [0.717, 1.165) is 0 Å². The molecule has 2 heterocycles. The minimum atomic E-state index is -0.231. The summed E-state index contributed by atoms with van der Waals surface area (Å²) in [5.74, 6) is -0.381. The van der Waals surface area contributed by atoms with Crippen LogP contribution in [0.4, 0.5) is 11.4 Å². The molecule has 1 aromatic carbocycles. The molecule has 2 amide bonds. The number of nitrogens with zero attached hydrogens (tertiary/aromatic N) is 2. The van der Waals surface area contributed by atoms with Gasteiger partial charge in [0.15, 0.2) is 5.65 Å². The third kappa shape index (κ3) is 2.80. The fraction of sp³-hybridized carbons (Fsp3) is 0.0625. The molecule has 2 aromatic heterocycles. The molecule has 6 nitrogen and oxygen atoms in total. The van der Waals surface area contributed by atoms with Crippen molar-refractivity contribution in [2.24, 2.45) is 0 Å². The molecule has 0 atom stereocenters. The van der Waals surface area contributed by atoms with Gasteiger partial charge < -0.3 is 15.0 Å². The van der Waals surface area contributed by atoms with Crippen LogP contribution >= 0.6 is 0 Å². The van der Waals surface area contributed by atoms with Gasteiger partial charge in [-0.05, 0) is 36.4 Å². The van der Waals surface area contributed by atoms with Crippen LogP contribution in [0.25, 0.3) is 5.65 Å². The summed E-state index contributed by atoms with van der Waals surface area (Å²) in [5.41, 5.74) is 2.48. The van der Waals surface area contributed by atoms with Crippen LogP contribution in [0, 0.1) is 0 Å². The summed E-state index contributed by atoms with van der Waals surface area (Å²) in [4.78, 5) is 27.5. The van der Waals surface area contributed by atoms with Crippen LogP contribution in [0.15, 0.2) is 55.0 Å². The maximum absolute atomic E-state index is 12.3. The van der Waals surface area contributed by atoms with Gasteiger partial charge in [-0.2, -0.15) is 0 Å². The highest BCUT2D eigenvalue weighted by atomic mass is 16.2. The monoisotopic (exact) mass is 294 g/mol. The maximum Gasteiger partial charge on any atom is 0.255 e. The number of amides is 2. The standard InChI is InChI=1S/C16H14N4O2/c1-11(21)18-13-6-4-12(5-7-13)16(22)19-14-3-2-9-20-10-8-17-15(14)20/h2-10H,1H3,(H,18,21)(H,19,22). The summed E-state index contributed by atoms with van der Waals surface area (Å²) in [6.07, 6.45) is 5.35. The van der Waals surface area contributed by atoms with E-state index in [1.165, 1.54) is 6.92 Å². The summed E-state index contributed by atoms with van der Waals surface area (Å²) in [5, 5.41) is 5.50. The Kier molecular flexibility index (Phi) is 3.57. The number of pyridine rings is 1. The van der Waals surface area contributed by atoms with E-state index < -0.39 is 0 Å². The van der Waals surface area contributed by atoms with Crippen molar-refractivity contribution in [1.82, 2.24) is 9.38 Å². The van der Waals surface area contributed by atoms with Crippen molar-refractivity contribution in [1.29, 1.82) is 0 Å². The Bertz CT molecular complexity index is 837. The number of nitrogens with one attached hydrogen (secondary N) is 2. The second kappa shape index (κ2) is 5.69. The molecule has 0 aliphatic heterocycles. The number of rotatable bonds is 3. The van der Waals surface area contributed by atoms with E-state index in [4.69, 9.17) is 0 Å². The van der Waals surface area contributed by atoms with Gasteiger partial charge in [0.1, 0.15) is 0 Å². The molecule has 0 radical (unpaired) electrons. The zero-order valence-corrected chi connectivity index (χ0v) is 11.9. The number of carbonyl (C=O) groups excluding carboxylic acids is 2. The number of carbonyl (C=O) groups is 2. The van der Waals surface area contributed by atoms with E-state index >= 15 is 0 Å². The molecule has 110 valence electrons. The first kappa shape index (κ1) is 13.8. The van der Waals surface area contributed by atoms with Crippen molar-refractivity contribution in [2.75, 3.05) is 10.6 Å². The van der Waals surface area contributed by atoms with Gasteiger partial charge in [0.25, 0.3) is 5.91 Å². The summed E-state index contributed by atoms with van der Waals surface area (Å²) in [6.45, 7) is 1.44. The fourth-order valence-corrected chi connectivity index (χ4v) is 2.15. The largest absolute Gasteiger partial charge is 0.326 e. The lowest BCUT2D eigenvalue weighted by Gasteiger charge is -2.07. The predicted molar refractivity (Wildman–Crippen MR) is 83.9 cm³/mol. The molecule has 0 saturated heterocycles. The molecule has 6 heteroatoms. The number of fused-ring (bicyclic) bond motifs is 1. The van der Waals surface area contributed by atoms with Crippen molar-refractivity contribution in [3.05, 3.63) is 60.6 Å². The highest BCUT2D eigenvalue weighted by Crippen LogP contribution is 2.16. The Morgan fingerprint density at radius 1 is 1.05 bits per heavy atom. The van der Waals surface area contributed by atoms with Gasteiger partial charge in [0, 0.05) is 36.8 Å². The summed E-state index contributed by atoms with van der Waals surface area (Å²) in [6, 6.07) is 10.3. The lowest BCUT2D eigenvalue weighted by molar-refractivity contribution is -0.114. The van der Waals surface area contributed by atoms with E-state index in [2.05, 4.69) is 15.6 Å². The van der Waals surface area contributed by atoms with Crippen LogP contribution in [-0.2, 0) is 4.79 Å². The van der Waals surface area contributed by atoms with Crippen LogP contribution < -0.4 is 10.6 Å². The van der Waals surface area contributed by atoms with Crippen molar-refractivity contribution in [3.63, 3.8) is 0 Å². The number of hydrogen-bond acceptors (Lipinski definition) is 3. The van der Waals surface area contributed by atoms with E-state index in [-0.39, 0.29) is 11.8 Å². The van der Waals surface area contributed by atoms with Gasteiger partial charge in [-0.3, -0.25) is 9.59 Å². The topological polar surface area (TPSA) is 75.5 Å². The molecule has 0 spiro atoms. The van der Waals surface area contributed by atoms with E-state index in [0.29, 0.717) is 22.6 Å². The average Bonchev–Trinajstić information content (AvgIpc) is 2.97. The molecular weight excluding hydrogens is 280 g/mol. The minimum Gasteiger partial charge on any atom is -0.326 e. The van der Waals surface area contributed by atoms with Gasteiger partial charge in [-0.25, -0.2) is 4.98 Å². The first-order valence-corrected chi connectivity index (χ1v) is 6.74. The molecule has 0 bridgehead atoms. The van der Waals surface area contributed by atoms with E-state index in [1.807, 2.05) is 22.9 Å². The summed E-state index contributed by atoms with van der Waals surface area (Å²) < 4.78 is 1.83. The highest BCUT2D eigenvalue weighted by molar-refractivity contribution is 6.06. The zero-order chi connectivity index (χ0) is 15.5. The highest BCUT2D eigenvalue weighted by Gasteiger charge is 2.09. The predicted octanol–water partition coefficient (Wildman–Crippen LogP) is 2.55. The molecule has 3 rings (SSSR count). The molecule has 0 fully saturated rings. The molecule has 0 aliphatic rings. The van der Waals surface area contributed by atoms with Crippen LogP contribution in [0.5, 0.6) is 0 Å². The number of anilines is 2. The molecule has 0 unspecified atom stereocenters. The first-order valence-electron chi connectivity index (χ1n) is 6.74. The zero-order valence-electron chi connectivity index (χ0n) is 11.9. The molecular formula is C16H14N4O2. The lowest BCUT2D eigenvalue weighted by Crippen LogP contribution is -2.13. The molecule has 2 N–H and O–H groups in total. The first-order chi connectivity index (χ1) is 10.6. The number of imidazole rings is 1. The molecule has 22 heavy (non-hydrogen) atoms. The van der Waals surface area contributed by atoms with Crippen molar-refractivity contribution in [2.45, 2.75) is 6.92 Å². The number of aromatic nitrogens is 2. The van der Waals surface area contributed by atoms with Gasteiger partial charge in [0.05, 0.1) is 5.69 Å². The molecule has 0 aliphatic carbocycles. The summed E-state index contributed by atoms with van der Waals surface area (Å²) in [7, 11) is 0. The SMILES string of the molecule is CC(=O)Nc1ccc(C(=O)Nc2cccn3ccnc23)cc1. The Morgan fingerprint density at radius 2 is 1.82 bits per heavy atom. The maximum atomic E-state index is 12.3. The number of benzene rings is 1. The van der Waals surface area contributed by atoms with Gasteiger partial charge in [0.2, 0.25) is 5.91 Å². The van der Waals surface area contributed by atoms with E-state index in [1.54, 1.807) is 36.5 Å². The van der Waals surface area contributed by atoms with Gasteiger partial charge in [-0.15, -0.1) is 0 Å². The van der Waals surface area contributed by atoms with Crippen molar-refractivity contribution in [3.8, 4) is 0 Å². The number of hydrogen-bond donors (Lipinski definition) is 2. The second-order valence-corrected chi connectivity index (χ2v) is 4.79. The average molecular weight is 294 g/mol.